The van der Waals surface area contributed by atoms with Gasteiger partial charge in [0.15, 0.2) is 5.16 Å². The summed E-state index contributed by atoms with van der Waals surface area (Å²) in [5, 5.41) is 14.3. The average Bonchev–Trinajstić information content (AvgIpc) is 2.90. The van der Waals surface area contributed by atoms with Crippen molar-refractivity contribution in [3.05, 3.63) is 34.3 Å². The molecule has 0 spiro atoms. The third-order valence-corrected chi connectivity index (χ3v) is 4.18. The molecule has 0 saturated carbocycles. The van der Waals surface area contributed by atoms with Gasteiger partial charge in [-0.2, -0.15) is 11.3 Å². The monoisotopic (exact) mass is 254 g/mol. The van der Waals surface area contributed by atoms with Crippen LogP contribution < -0.4 is 0 Å². The van der Waals surface area contributed by atoms with Crippen molar-refractivity contribution in [2.24, 2.45) is 7.05 Å². The van der Waals surface area contributed by atoms with Crippen molar-refractivity contribution in [3.8, 4) is 0 Å². The van der Waals surface area contributed by atoms with Crippen LogP contribution in [0.5, 0.6) is 0 Å². The van der Waals surface area contributed by atoms with Crippen LogP contribution in [0.2, 0.25) is 0 Å². The molecule has 16 heavy (non-hydrogen) atoms. The summed E-state index contributed by atoms with van der Waals surface area (Å²) in [5.74, 6) is 1.02. The highest BCUT2D eigenvalue weighted by Crippen LogP contribution is 2.19. The van der Waals surface area contributed by atoms with Gasteiger partial charge < -0.3 is 9.67 Å². The smallest absolute Gasteiger partial charge is 0.167 e. The Hall–Kier alpha value is -0.780. The molecular weight excluding hydrogens is 240 g/mol. The van der Waals surface area contributed by atoms with Gasteiger partial charge in [0, 0.05) is 12.8 Å². The van der Waals surface area contributed by atoms with Crippen molar-refractivity contribution in [2.45, 2.75) is 18.2 Å². The van der Waals surface area contributed by atoms with E-state index in [1.54, 1.807) is 29.3 Å². The van der Waals surface area contributed by atoms with Crippen molar-refractivity contribution in [1.29, 1.82) is 0 Å². The Kier molecular flexibility index (Phi) is 4.04. The molecule has 2 heterocycles. The summed E-state index contributed by atoms with van der Waals surface area (Å²) in [6.07, 6.45) is 2.79. The van der Waals surface area contributed by atoms with E-state index in [9.17, 15) is 0 Å². The maximum Gasteiger partial charge on any atom is 0.167 e. The van der Waals surface area contributed by atoms with Crippen LogP contribution in [-0.2, 0) is 20.1 Å². The first kappa shape index (κ1) is 11.7. The summed E-state index contributed by atoms with van der Waals surface area (Å²) in [6, 6.07) is 2.16. The lowest BCUT2D eigenvalue weighted by Crippen LogP contribution is -1.98. The molecule has 2 aromatic rings. The number of hydrogen-bond acceptors (Lipinski definition) is 4. The number of aliphatic hydroxyl groups is 1. The highest BCUT2D eigenvalue weighted by Gasteiger charge is 2.05. The second kappa shape index (κ2) is 5.52. The van der Waals surface area contributed by atoms with E-state index in [2.05, 4.69) is 21.8 Å². The van der Waals surface area contributed by atoms with E-state index in [4.69, 9.17) is 5.11 Å². The van der Waals surface area contributed by atoms with Crippen LogP contribution >= 0.6 is 23.1 Å². The van der Waals surface area contributed by atoms with Crippen LogP contribution in [-0.4, -0.2) is 20.4 Å². The second-order valence-corrected chi connectivity index (χ2v) is 5.32. The van der Waals surface area contributed by atoms with E-state index in [1.807, 2.05) is 11.6 Å². The molecule has 3 nitrogen and oxygen atoms in total. The number of rotatable bonds is 5. The normalized spacial score (nSPS) is 10.9. The van der Waals surface area contributed by atoms with E-state index in [0.29, 0.717) is 0 Å². The van der Waals surface area contributed by atoms with Gasteiger partial charge in [-0.3, -0.25) is 0 Å². The zero-order valence-corrected chi connectivity index (χ0v) is 10.7. The molecule has 0 fully saturated rings. The van der Waals surface area contributed by atoms with Gasteiger partial charge in [-0.25, -0.2) is 4.98 Å². The predicted octanol–water partition coefficient (Wildman–Crippen LogP) is 2.31. The minimum absolute atomic E-state index is 0.0502. The summed E-state index contributed by atoms with van der Waals surface area (Å²) >= 11 is 3.46. The fourth-order valence-corrected chi connectivity index (χ4v) is 3.06. The molecule has 0 radical (unpaired) electrons. The molecule has 0 aliphatic carbocycles. The summed E-state index contributed by atoms with van der Waals surface area (Å²) in [7, 11) is 1.94. The Balaban J connectivity index is 1.87. The molecule has 0 bridgehead atoms. The molecule has 0 saturated heterocycles. The topological polar surface area (TPSA) is 38.0 Å². The van der Waals surface area contributed by atoms with E-state index < -0.39 is 0 Å². The summed E-state index contributed by atoms with van der Waals surface area (Å²) in [5.41, 5.74) is 2.24. The van der Waals surface area contributed by atoms with E-state index in [-0.39, 0.29) is 6.61 Å². The SMILES string of the molecule is Cn1c(CO)cnc1SCCc1ccsc1. The standard InChI is InChI=1S/C11H14N2OS2/c1-13-10(7-14)6-12-11(13)16-5-3-9-2-4-15-8-9/h2,4,6,8,14H,3,5,7H2,1H3. The highest BCUT2D eigenvalue weighted by atomic mass is 32.2. The first-order chi connectivity index (χ1) is 7.81. The van der Waals surface area contributed by atoms with Crippen LogP contribution in [0.3, 0.4) is 0 Å². The number of aliphatic hydroxyl groups excluding tert-OH is 1. The molecule has 0 aliphatic rings. The van der Waals surface area contributed by atoms with Crippen molar-refractivity contribution in [3.63, 3.8) is 0 Å². The van der Waals surface area contributed by atoms with Crippen molar-refractivity contribution in [1.82, 2.24) is 9.55 Å². The van der Waals surface area contributed by atoms with Crippen LogP contribution in [0, 0.1) is 0 Å². The van der Waals surface area contributed by atoms with Crippen LogP contribution in [0.4, 0.5) is 0 Å². The molecule has 1 N–H and O–H groups in total. The molecule has 0 atom stereocenters. The van der Waals surface area contributed by atoms with Crippen LogP contribution in [0.25, 0.3) is 0 Å². The van der Waals surface area contributed by atoms with Gasteiger partial charge in [-0.15, -0.1) is 0 Å². The first-order valence-electron chi connectivity index (χ1n) is 5.06. The lowest BCUT2D eigenvalue weighted by Gasteiger charge is -2.03. The molecule has 0 amide bonds. The Morgan fingerprint density at radius 3 is 3.06 bits per heavy atom. The van der Waals surface area contributed by atoms with Crippen LogP contribution in [0.15, 0.2) is 28.2 Å². The first-order valence-corrected chi connectivity index (χ1v) is 6.99. The largest absolute Gasteiger partial charge is 0.390 e. The Bertz CT molecular complexity index is 437. The van der Waals surface area contributed by atoms with Crippen LogP contribution in [0.1, 0.15) is 11.3 Å². The third-order valence-electron chi connectivity index (χ3n) is 2.41. The van der Waals surface area contributed by atoms with Gasteiger partial charge in [0.05, 0.1) is 18.5 Å². The second-order valence-electron chi connectivity index (χ2n) is 3.48. The zero-order valence-electron chi connectivity index (χ0n) is 9.09. The molecule has 5 heteroatoms. The lowest BCUT2D eigenvalue weighted by atomic mass is 10.3. The molecule has 86 valence electrons. The highest BCUT2D eigenvalue weighted by molar-refractivity contribution is 7.99. The number of nitrogens with zero attached hydrogens (tertiary/aromatic N) is 2. The number of aryl methyl sites for hydroxylation is 1. The lowest BCUT2D eigenvalue weighted by molar-refractivity contribution is 0.271. The average molecular weight is 254 g/mol. The van der Waals surface area contributed by atoms with E-state index >= 15 is 0 Å². The van der Waals surface area contributed by atoms with Crippen molar-refractivity contribution >= 4 is 23.1 Å². The number of aromatic nitrogens is 2. The zero-order chi connectivity index (χ0) is 11.4. The number of hydrogen-bond donors (Lipinski definition) is 1. The van der Waals surface area contributed by atoms with Gasteiger partial charge in [0.1, 0.15) is 0 Å². The number of thioether (sulfide) groups is 1. The van der Waals surface area contributed by atoms with Gasteiger partial charge >= 0.3 is 0 Å². The molecule has 2 rings (SSSR count). The minimum atomic E-state index is 0.0502. The summed E-state index contributed by atoms with van der Waals surface area (Å²) < 4.78 is 1.94. The molecule has 0 aromatic carbocycles. The van der Waals surface area contributed by atoms with E-state index in [1.165, 1.54) is 5.56 Å². The number of thiophene rings is 1. The van der Waals surface area contributed by atoms with Gasteiger partial charge in [-0.1, -0.05) is 11.8 Å². The molecule has 0 aliphatic heterocycles. The van der Waals surface area contributed by atoms with Gasteiger partial charge in [-0.05, 0) is 28.8 Å². The van der Waals surface area contributed by atoms with Crippen molar-refractivity contribution < 1.29 is 5.11 Å². The summed E-state index contributed by atoms with van der Waals surface area (Å²) in [6.45, 7) is 0.0502. The number of imidazole rings is 1. The van der Waals surface area contributed by atoms with Gasteiger partial charge in [0.2, 0.25) is 0 Å². The minimum Gasteiger partial charge on any atom is -0.390 e. The Labute approximate surface area is 103 Å². The van der Waals surface area contributed by atoms with Gasteiger partial charge in [0.25, 0.3) is 0 Å². The maximum absolute atomic E-state index is 9.04. The molecule has 2 aromatic heterocycles. The quantitative estimate of drug-likeness (QED) is 0.832. The predicted molar refractivity (Wildman–Crippen MR) is 67.9 cm³/mol. The maximum atomic E-state index is 9.04. The molecular formula is C11H14N2OS2. The summed E-state index contributed by atoms with van der Waals surface area (Å²) in [4.78, 5) is 4.27. The Morgan fingerprint density at radius 2 is 2.44 bits per heavy atom. The third kappa shape index (κ3) is 2.66. The van der Waals surface area contributed by atoms with E-state index in [0.717, 1.165) is 23.0 Å². The van der Waals surface area contributed by atoms with Crippen molar-refractivity contribution in [2.75, 3.05) is 5.75 Å². The Morgan fingerprint density at radius 1 is 1.56 bits per heavy atom. The fraction of sp³-hybridized carbons (Fsp3) is 0.364. The molecule has 0 unspecified atom stereocenters. The fourth-order valence-electron chi connectivity index (χ4n) is 1.40.